The number of carbonyl (C=O) groups excluding carboxylic acids is 2. The van der Waals surface area contributed by atoms with Crippen LogP contribution in [0.15, 0.2) is 75.9 Å². The normalized spacial score (nSPS) is 17.1. The molecule has 9 heteroatoms. The van der Waals surface area contributed by atoms with E-state index in [0.29, 0.717) is 40.0 Å². The van der Waals surface area contributed by atoms with Crippen LogP contribution in [0, 0.1) is 5.82 Å². The first-order valence-electron chi connectivity index (χ1n) is 10.7. The van der Waals surface area contributed by atoms with Gasteiger partial charge in [0.1, 0.15) is 11.6 Å². The average Bonchev–Trinajstić information content (AvgIpc) is 3.24. The van der Waals surface area contributed by atoms with Gasteiger partial charge in [-0.15, -0.1) is 0 Å². The van der Waals surface area contributed by atoms with Crippen LogP contribution in [0.4, 0.5) is 10.1 Å². The summed E-state index contributed by atoms with van der Waals surface area (Å²) in [5.74, 6) is -0.676. The minimum Gasteiger partial charge on any atom is -0.497 e. The molecule has 7 nitrogen and oxygen atoms in total. The maximum atomic E-state index is 15.0. The molecule has 1 N–H and O–H groups in total. The molecule has 0 bridgehead atoms. The predicted octanol–water partition coefficient (Wildman–Crippen LogP) is 5.00. The summed E-state index contributed by atoms with van der Waals surface area (Å²) in [6, 6.07) is 12.5. The smallest absolute Gasteiger partial charge is 0.338 e. The highest BCUT2D eigenvalue weighted by molar-refractivity contribution is 8.16. The van der Waals surface area contributed by atoms with E-state index in [9.17, 15) is 14.0 Å². The summed E-state index contributed by atoms with van der Waals surface area (Å²) < 4.78 is 25.2. The number of hydrogen-bond donors (Lipinski definition) is 1. The van der Waals surface area contributed by atoms with Crippen LogP contribution < -0.4 is 10.1 Å². The molecule has 34 heavy (non-hydrogen) atoms. The van der Waals surface area contributed by atoms with E-state index in [4.69, 9.17) is 9.47 Å². The second-order valence-electron chi connectivity index (χ2n) is 7.58. The number of hydrogen-bond acceptors (Lipinski definition) is 7. The number of rotatable bonds is 7. The Kier molecular flexibility index (Phi) is 7.02. The van der Waals surface area contributed by atoms with Gasteiger partial charge in [-0.3, -0.25) is 4.79 Å². The highest BCUT2D eigenvalue weighted by Gasteiger charge is 2.42. The standard InChI is InChI=1S/C25H24FN3O4S/c1-4-20-22(24(31)33-3)23(18-10-5-6-11-19(18)26)29-16(14-34-25(29)28-20)13-21(30)27-15-8-7-9-17(12-15)32-2/h5-12,14,23H,4,13H2,1-3H3,(H,27,30)/t23-/m0/s1. The number of carbonyl (C=O) groups is 2. The van der Waals surface area contributed by atoms with Crippen molar-refractivity contribution >= 4 is 34.5 Å². The van der Waals surface area contributed by atoms with Gasteiger partial charge in [-0.05, 0) is 30.0 Å². The van der Waals surface area contributed by atoms with Crippen molar-refractivity contribution in [1.29, 1.82) is 0 Å². The molecule has 1 atom stereocenters. The maximum Gasteiger partial charge on any atom is 0.338 e. The van der Waals surface area contributed by atoms with Gasteiger partial charge < -0.3 is 19.7 Å². The number of esters is 1. The SMILES string of the molecule is CCC1=C(C(=O)OC)[C@H](c2ccccc2F)N2C(CC(=O)Nc3cccc(OC)c3)=CSC2=N1. The average molecular weight is 482 g/mol. The Morgan fingerprint density at radius 1 is 1.18 bits per heavy atom. The Balaban J connectivity index is 1.68. The maximum absolute atomic E-state index is 15.0. The molecule has 0 spiro atoms. The minimum atomic E-state index is -0.804. The van der Waals surface area contributed by atoms with Crippen molar-refractivity contribution in [2.75, 3.05) is 19.5 Å². The van der Waals surface area contributed by atoms with Crippen molar-refractivity contribution in [1.82, 2.24) is 4.90 Å². The molecular formula is C25H24FN3O4S. The molecule has 4 rings (SSSR count). The van der Waals surface area contributed by atoms with Gasteiger partial charge in [0.2, 0.25) is 5.91 Å². The summed E-state index contributed by atoms with van der Waals surface area (Å²) in [6.45, 7) is 1.88. The summed E-state index contributed by atoms with van der Waals surface area (Å²) in [4.78, 5) is 32.1. The van der Waals surface area contributed by atoms with Crippen molar-refractivity contribution in [2.24, 2.45) is 4.99 Å². The fourth-order valence-corrected chi connectivity index (χ4v) is 4.91. The molecule has 2 aromatic carbocycles. The van der Waals surface area contributed by atoms with Gasteiger partial charge >= 0.3 is 5.97 Å². The number of thioether (sulfide) groups is 1. The topological polar surface area (TPSA) is 80.2 Å². The van der Waals surface area contributed by atoms with Gasteiger partial charge in [-0.1, -0.05) is 43.0 Å². The Morgan fingerprint density at radius 2 is 1.97 bits per heavy atom. The van der Waals surface area contributed by atoms with E-state index >= 15 is 0 Å². The molecule has 0 aromatic heterocycles. The van der Waals surface area contributed by atoms with Crippen LogP contribution in [-0.4, -0.2) is 36.2 Å². The summed E-state index contributed by atoms with van der Waals surface area (Å²) in [5, 5.41) is 5.25. The lowest BCUT2D eigenvalue weighted by molar-refractivity contribution is -0.136. The van der Waals surface area contributed by atoms with Gasteiger partial charge in [0, 0.05) is 23.0 Å². The van der Waals surface area contributed by atoms with Gasteiger partial charge in [0.25, 0.3) is 0 Å². The third-order valence-electron chi connectivity index (χ3n) is 5.52. The van der Waals surface area contributed by atoms with Crippen molar-refractivity contribution in [2.45, 2.75) is 25.8 Å². The molecule has 2 aromatic rings. The third-order valence-corrected chi connectivity index (χ3v) is 6.41. The van der Waals surface area contributed by atoms with Crippen molar-refractivity contribution < 1.29 is 23.5 Å². The van der Waals surface area contributed by atoms with E-state index in [1.807, 2.05) is 12.3 Å². The molecule has 0 fully saturated rings. The first kappa shape index (κ1) is 23.6. The highest BCUT2D eigenvalue weighted by Crippen LogP contribution is 2.46. The van der Waals surface area contributed by atoms with E-state index in [-0.39, 0.29) is 17.9 Å². The molecule has 0 saturated carbocycles. The second-order valence-corrected chi connectivity index (χ2v) is 8.41. The highest BCUT2D eigenvalue weighted by atomic mass is 32.2. The van der Waals surface area contributed by atoms with Gasteiger partial charge in [-0.25, -0.2) is 14.2 Å². The van der Waals surface area contributed by atoms with Crippen LogP contribution in [0.5, 0.6) is 5.75 Å². The summed E-state index contributed by atoms with van der Waals surface area (Å²) in [5.41, 5.74) is 2.31. The van der Waals surface area contributed by atoms with Crippen LogP contribution >= 0.6 is 11.8 Å². The quantitative estimate of drug-likeness (QED) is 0.561. The number of amidine groups is 1. The monoisotopic (exact) mass is 481 g/mol. The van der Waals surface area contributed by atoms with Gasteiger partial charge in [0.05, 0.1) is 38.0 Å². The fraction of sp³-hybridized carbons (Fsp3) is 0.240. The van der Waals surface area contributed by atoms with Gasteiger partial charge in [0.15, 0.2) is 5.17 Å². The van der Waals surface area contributed by atoms with Crippen molar-refractivity contribution in [3.8, 4) is 5.75 Å². The molecular weight excluding hydrogens is 457 g/mol. The predicted molar refractivity (Wildman–Crippen MR) is 130 cm³/mol. The van der Waals surface area contributed by atoms with E-state index in [1.54, 1.807) is 54.5 Å². The van der Waals surface area contributed by atoms with E-state index in [2.05, 4.69) is 10.3 Å². The number of fused-ring (bicyclic) bond motifs is 1. The van der Waals surface area contributed by atoms with Gasteiger partial charge in [-0.2, -0.15) is 0 Å². The van der Waals surface area contributed by atoms with Crippen LogP contribution in [0.25, 0.3) is 0 Å². The first-order valence-corrected chi connectivity index (χ1v) is 11.6. The Morgan fingerprint density at radius 3 is 2.68 bits per heavy atom. The number of anilines is 1. The van der Waals surface area contributed by atoms with E-state index < -0.39 is 17.8 Å². The summed E-state index contributed by atoms with van der Waals surface area (Å²) in [6.07, 6.45) is 0.475. The lowest BCUT2D eigenvalue weighted by Gasteiger charge is -2.36. The Labute approximate surface area is 201 Å². The van der Waals surface area contributed by atoms with Crippen molar-refractivity contribution in [3.63, 3.8) is 0 Å². The lowest BCUT2D eigenvalue weighted by atomic mass is 9.92. The molecule has 2 aliphatic rings. The van der Waals surface area contributed by atoms with Crippen LogP contribution in [-0.2, 0) is 14.3 Å². The molecule has 0 saturated heterocycles. The number of benzene rings is 2. The van der Waals surface area contributed by atoms with Crippen LogP contribution in [0.3, 0.4) is 0 Å². The summed E-state index contributed by atoms with van der Waals surface area (Å²) >= 11 is 1.34. The number of ether oxygens (including phenoxy) is 2. The van der Waals surface area contributed by atoms with Crippen molar-refractivity contribution in [3.05, 3.63) is 82.3 Å². The zero-order valence-electron chi connectivity index (χ0n) is 19.0. The van der Waals surface area contributed by atoms with E-state index in [0.717, 1.165) is 0 Å². The number of halogens is 1. The minimum absolute atomic E-state index is 0.00406. The molecule has 2 aliphatic heterocycles. The molecule has 0 aliphatic carbocycles. The number of nitrogens with one attached hydrogen (secondary N) is 1. The van der Waals surface area contributed by atoms with E-state index in [1.165, 1.54) is 24.9 Å². The molecule has 0 radical (unpaired) electrons. The number of aliphatic imine (C=N–C) groups is 1. The van der Waals surface area contributed by atoms with Crippen LogP contribution in [0.1, 0.15) is 31.4 Å². The molecule has 0 unspecified atom stereocenters. The zero-order chi connectivity index (χ0) is 24.2. The number of amides is 1. The first-order chi connectivity index (χ1) is 16.5. The lowest BCUT2D eigenvalue weighted by Crippen LogP contribution is -2.38. The number of methoxy groups -OCH3 is 2. The molecule has 2 heterocycles. The second kappa shape index (κ2) is 10.1. The summed E-state index contributed by atoms with van der Waals surface area (Å²) in [7, 11) is 2.84. The Bertz CT molecular complexity index is 1220. The zero-order valence-corrected chi connectivity index (χ0v) is 19.8. The largest absolute Gasteiger partial charge is 0.497 e. The fourth-order valence-electron chi connectivity index (χ4n) is 3.97. The van der Waals surface area contributed by atoms with Crippen LogP contribution in [0.2, 0.25) is 0 Å². The number of nitrogens with zero attached hydrogens (tertiary/aromatic N) is 2. The molecule has 176 valence electrons. The third kappa shape index (κ3) is 4.56. The number of allylic oxidation sites excluding steroid dienone is 1. The molecule has 1 amide bonds. The Hall–Kier alpha value is -3.59.